The summed E-state index contributed by atoms with van der Waals surface area (Å²) in [5.41, 5.74) is 8.09. The summed E-state index contributed by atoms with van der Waals surface area (Å²) >= 11 is 0. The molecule has 0 radical (unpaired) electrons. The highest BCUT2D eigenvalue weighted by Crippen LogP contribution is 2.27. The second-order valence-corrected chi connectivity index (χ2v) is 5.57. The zero-order chi connectivity index (χ0) is 13.8. The number of nitrogens with two attached hydrogens (primary N) is 1. The lowest BCUT2D eigenvalue weighted by Gasteiger charge is -2.31. The number of benzene rings is 1. The summed E-state index contributed by atoms with van der Waals surface area (Å²) < 4.78 is 0. The largest absolute Gasteiger partial charge is 0.398 e. The second kappa shape index (κ2) is 6.09. The third-order valence-electron chi connectivity index (χ3n) is 4.28. The molecule has 3 heteroatoms. The first kappa shape index (κ1) is 13.9. The van der Waals surface area contributed by atoms with Gasteiger partial charge in [-0.3, -0.25) is 4.79 Å². The molecule has 2 atom stereocenters. The predicted octanol–water partition coefficient (Wildman–Crippen LogP) is 3.28. The number of rotatable bonds is 3. The first-order valence-corrected chi connectivity index (χ1v) is 7.29. The van der Waals surface area contributed by atoms with Crippen LogP contribution in [0.2, 0.25) is 0 Å². The Morgan fingerprint density at radius 2 is 2.11 bits per heavy atom. The van der Waals surface area contributed by atoms with Crippen LogP contribution in [-0.4, -0.2) is 11.9 Å². The molecule has 0 aliphatic heterocycles. The van der Waals surface area contributed by atoms with Crippen LogP contribution in [0.25, 0.3) is 0 Å². The van der Waals surface area contributed by atoms with Crippen LogP contribution in [0, 0.1) is 12.8 Å². The molecule has 1 aromatic carbocycles. The minimum atomic E-state index is -0.0130. The summed E-state index contributed by atoms with van der Waals surface area (Å²) in [5, 5.41) is 3.20. The normalized spacial score (nSPS) is 23.1. The lowest BCUT2D eigenvalue weighted by atomic mass is 9.82. The molecule has 1 saturated carbocycles. The zero-order valence-corrected chi connectivity index (χ0v) is 11.9. The minimum absolute atomic E-state index is 0.0130. The standard InChI is InChI=1S/C16H24N2O/c1-3-12-8-4-5-10-14(12)18-16(19)15-11(2)7-6-9-13(15)17/h6-7,9,12,14H,3-5,8,10,17H2,1-2H3,(H,18,19). The molecule has 0 saturated heterocycles. The number of hydrogen-bond acceptors (Lipinski definition) is 2. The van der Waals surface area contributed by atoms with Crippen molar-refractivity contribution < 1.29 is 4.79 Å². The second-order valence-electron chi connectivity index (χ2n) is 5.57. The van der Waals surface area contributed by atoms with Crippen molar-refractivity contribution in [3.8, 4) is 0 Å². The molecule has 1 amide bonds. The van der Waals surface area contributed by atoms with Crippen LogP contribution < -0.4 is 11.1 Å². The van der Waals surface area contributed by atoms with E-state index in [1.165, 1.54) is 19.3 Å². The number of aryl methyl sites for hydroxylation is 1. The molecular formula is C16H24N2O. The molecule has 0 aromatic heterocycles. The van der Waals surface area contributed by atoms with Crippen molar-refractivity contribution in [3.63, 3.8) is 0 Å². The fourth-order valence-electron chi connectivity index (χ4n) is 3.13. The number of anilines is 1. The Hall–Kier alpha value is -1.51. The Kier molecular flexibility index (Phi) is 4.46. The lowest BCUT2D eigenvalue weighted by Crippen LogP contribution is -2.42. The summed E-state index contributed by atoms with van der Waals surface area (Å²) in [7, 11) is 0. The van der Waals surface area contributed by atoms with Gasteiger partial charge in [-0.1, -0.05) is 38.3 Å². The molecule has 2 unspecified atom stereocenters. The van der Waals surface area contributed by atoms with Gasteiger partial charge >= 0.3 is 0 Å². The third kappa shape index (κ3) is 3.09. The van der Waals surface area contributed by atoms with Crippen molar-refractivity contribution in [2.75, 3.05) is 5.73 Å². The quantitative estimate of drug-likeness (QED) is 0.819. The van der Waals surface area contributed by atoms with Crippen molar-refractivity contribution in [2.45, 2.75) is 52.0 Å². The Morgan fingerprint density at radius 3 is 2.79 bits per heavy atom. The average Bonchev–Trinajstić information content (AvgIpc) is 2.39. The minimum Gasteiger partial charge on any atom is -0.398 e. The summed E-state index contributed by atoms with van der Waals surface area (Å²) in [4.78, 5) is 12.4. The van der Waals surface area contributed by atoms with Crippen LogP contribution in [0.3, 0.4) is 0 Å². The molecule has 1 aromatic rings. The van der Waals surface area contributed by atoms with Gasteiger partial charge in [-0.2, -0.15) is 0 Å². The Balaban J connectivity index is 2.12. The van der Waals surface area contributed by atoms with E-state index in [2.05, 4.69) is 12.2 Å². The first-order valence-electron chi connectivity index (χ1n) is 7.29. The van der Waals surface area contributed by atoms with Gasteiger partial charge in [-0.25, -0.2) is 0 Å². The number of amides is 1. The molecule has 2 rings (SSSR count). The Labute approximate surface area is 115 Å². The number of hydrogen-bond donors (Lipinski definition) is 2. The molecule has 1 fully saturated rings. The number of nitrogens with one attached hydrogen (secondary N) is 1. The number of carbonyl (C=O) groups is 1. The predicted molar refractivity (Wildman–Crippen MR) is 79.1 cm³/mol. The molecule has 19 heavy (non-hydrogen) atoms. The summed E-state index contributed by atoms with van der Waals surface area (Å²) in [6.45, 7) is 4.14. The van der Waals surface area contributed by atoms with Gasteiger partial charge in [0, 0.05) is 11.7 Å². The van der Waals surface area contributed by atoms with E-state index in [9.17, 15) is 4.79 Å². The molecule has 3 nitrogen and oxygen atoms in total. The average molecular weight is 260 g/mol. The Morgan fingerprint density at radius 1 is 1.37 bits per heavy atom. The highest BCUT2D eigenvalue weighted by molar-refractivity contribution is 6.00. The van der Waals surface area contributed by atoms with Crippen molar-refractivity contribution in [3.05, 3.63) is 29.3 Å². The number of nitrogen functional groups attached to an aromatic ring is 1. The van der Waals surface area contributed by atoms with Crippen LogP contribution in [0.5, 0.6) is 0 Å². The van der Waals surface area contributed by atoms with Gasteiger partial charge in [-0.15, -0.1) is 0 Å². The first-order chi connectivity index (χ1) is 9.13. The van der Waals surface area contributed by atoms with E-state index in [-0.39, 0.29) is 5.91 Å². The monoisotopic (exact) mass is 260 g/mol. The number of carbonyl (C=O) groups excluding carboxylic acids is 1. The van der Waals surface area contributed by atoms with Crippen LogP contribution in [0.15, 0.2) is 18.2 Å². The molecule has 1 aliphatic rings. The molecule has 1 aliphatic carbocycles. The van der Waals surface area contributed by atoms with Crippen molar-refractivity contribution in [1.82, 2.24) is 5.32 Å². The smallest absolute Gasteiger partial charge is 0.253 e. The maximum Gasteiger partial charge on any atom is 0.253 e. The fraction of sp³-hybridized carbons (Fsp3) is 0.562. The maximum absolute atomic E-state index is 12.4. The van der Waals surface area contributed by atoms with Crippen LogP contribution in [0.4, 0.5) is 5.69 Å². The van der Waals surface area contributed by atoms with Crippen LogP contribution >= 0.6 is 0 Å². The molecule has 104 valence electrons. The topological polar surface area (TPSA) is 55.1 Å². The van der Waals surface area contributed by atoms with Crippen LogP contribution in [-0.2, 0) is 0 Å². The van der Waals surface area contributed by atoms with E-state index < -0.39 is 0 Å². The SMILES string of the molecule is CCC1CCCCC1NC(=O)c1c(C)cccc1N. The molecule has 3 N–H and O–H groups in total. The van der Waals surface area contributed by atoms with E-state index in [1.807, 2.05) is 19.1 Å². The highest BCUT2D eigenvalue weighted by Gasteiger charge is 2.26. The Bertz CT molecular complexity index is 436. The fourth-order valence-corrected chi connectivity index (χ4v) is 3.13. The molecule has 0 bridgehead atoms. The zero-order valence-electron chi connectivity index (χ0n) is 11.9. The van der Waals surface area contributed by atoms with Crippen molar-refractivity contribution in [1.29, 1.82) is 0 Å². The van der Waals surface area contributed by atoms with Gasteiger partial charge in [0.2, 0.25) is 0 Å². The van der Waals surface area contributed by atoms with Gasteiger partial charge in [0.1, 0.15) is 0 Å². The van der Waals surface area contributed by atoms with Crippen molar-refractivity contribution >= 4 is 11.6 Å². The van der Waals surface area contributed by atoms with Gasteiger partial charge in [0.05, 0.1) is 5.56 Å². The molecule has 0 spiro atoms. The summed E-state index contributed by atoms with van der Waals surface area (Å²) in [5.74, 6) is 0.601. The van der Waals surface area contributed by atoms with E-state index >= 15 is 0 Å². The van der Waals surface area contributed by atoms with E-state index in [1.54, 1.807) is 6.07 Å². The van der Waals surface area contributed by atoms with E-state index in [0.717, 1.165) is 18.4 Å². The van der Waals surface area contributed by atoms with Gasteiger partial charge < -0.3 is 11.1 Å². The van der Waals surface area contributed by atoms with Gasteiger partial charge in [-0.05, 0) is 37.3 Å². The van der Waals surface area contributed by atoms with Crippen LogP contribution in [0.1, 0.15) is 54.9 Å². The van der Waals surface area contributed by atoms with E-state index in [4.69, 9.17) is 5.73 Å². The highest BCUT2D eigenvalue weighted by atomic mass is 16.1. The van der Waals surface area contributed by atoms with Gasteiger partial charge in [0.15, 0.2) is 0 Å². The summed E-state index contributed by atoms with van der Waals surface area (Å²) in [6.07, 6.45) is 5.96. The van der Waals surface area contributed by atoms with Gasteiger partial charge in [0.25, 0.3) is 5.91 Å². The molecule has 0 heterocycles. The lowest BCUT2D eigenvalue weighted by molar-refractivity contribution is 0.0905. The maximum atomic E-state index is 12.4. The van der Waals surface area contributed by atoms with E-state index in [0.29, 0.717) is 23.2 Å². The molecular weight excluding hydrogens is 236 g/mol. The van der Waals surface area contributed by atoms with Crippen molar-refractivity contribution in [2.24, 2.45) is 5.92 Å². The third-order valence-corrected chi connectivity index (χ3v) is 4.28. The summed E-state index contributed by atoms with van der Waals surface area (Å²) in [6, 6.07) is 5.92.